The third-order valence-corrected chi connectivity index (χ3v) is 13.1. The van der Waals surface area contributed by atoms with E-state index < -0.39 is 83.2 Å². The first-order chi connectivity index (χ1) is 29.7. The molecule has 328 valence electrons. The van der Waals surface area contributed by atoms with Crippen molar-refractivity contribution in [3.05, 3.63) is 113 Å². The SMILES string of the molecule is O=C(C=Cc1ccc(O)c(Cc2cnc[nH]2)c1)N1c2cc(OC3(O)OC(CO)C(O)C(O)C3O)c(O)cc2C2C(C3(c4ccccc4O)CCCCC3)C(CCO)=CC21C(=O)O. The van der Waals surface area contributed by atoms with Gasteiger partial charge < -0.3 is 65.5 Å². The third-order valence-electron chi connectivity index (χ3n) is 13.1. The van der Waals surface area contributed by atoms with Gasteiger partial charge in [0.2, 0.25) is 0 Å². The van der Waals surface area contributed by atoms with E-state index in [1.165, 1.54) is 30.6 Å². The largest absolute Gasteiger partial charge is 0.508 e. The molecule has 1 saturated heterocycles. The fourth-order valence-corrected chi connectivity index (χ4v) is 10.3. The van der Waals surface area contributed by atoms with Gasteiger partial charge in [-0.15, -0.1) is 0 Å². The van der Waals surface area contributed by atoms with Gasteiger partial charge in [0, 0.05) is 59.5 Å². The topological polar surface area (TPSA) is 287 Å². The van der Waals surface area contributed by atoms with Crippen molar-refractivity contribution >= 4 is 23.6 Å². The van der Waals surface area contributed by atoms with Crippen LogP contribution < -0.4 is 9.64 Å². The van der Waals surface area contributed by atoms with Crippen LogP contribution in [-0.2, 0) is 26.2 Å². The quantitative estimate of drug-likeness (QED) is 0.0555. The Hall–Kier alpha value is -5.79. The van der Waals surface area contributed by atoms with Crippen LogP contribution in [0.15, 0.2) is 84.8 Å². The lowest BCUT2D eigenvalue weighted by atomic mass is 9.56. The van der Waals surface area contributed by atoms with Crippen molar-refractivity contribution in [2.45, 2.75) is 92.2 Å². The molecule has 0 radical (unpaired) electrons. The van der Waals surface area contributed by atoms with Crippen molar-refractivity contribution in [1.29, 1.82) is 0 Å². The molecule has 3 aromatic carbocycles. The number of rotatable bonds is 12. The van der Waals surface area contributed by atoms with Crippen LogP contribution in [0, 0.1) is 5.92 Å². The number of carboxylic acid groups (broad SMARTS) is 1. The normalized spacial score (nSPS) is 29.0. The Balaban J connectivity index is 1.30. The monoisotopic (exact) mass is 855 g/mol. The van der Waals surface area contributed by atoms with Crippen molar-refractivity contribution in [2.24, 2.45) is 5.92 Å². The van der Waals surface area contributed by atoms with Gasteiger partial charge in [0.25, 0.3) is 5.91 Å². The van der Waals surface area contributed by atoms with Crippen molar-refractivity contribution in [2.75, 3.05) is 18.1 Å². The number of aromatic nitrogens is 2. The zero-order chi connectivity index (χ0) is 44.1. The van der Waals surface area contributed by atoms with Crippen molar-refractivity contribution in [3.63, 3.8) is 0 Å². The summed E-state index contributed by atoms with van der Waals surface area (Å²) in [5.41, 5.74) is -0.192. The summed E-state index contributed by atoms with van der Waals surface area (Å²) in [4.78, 5) is 37.2. The first-order valence-electron chi connectivity index (χ1n) is 20.5. The molecule has 8 atom stereocenters. The van der Waals surface area contributed by atoms with Gasteiger partial charge in [-0.1, -0.05) is 49.1 Å². The van der Waals surface area contributed by atoms with Crippen molar-refractivity contribution < 1.29 is 70.1 Å². The molecule has 62 heavy (non-hydrogen) atoms. The summed E-state index contributed by atoms with van der Waals surface area (Å²) in [6.45, 7) is -1.28. The molecule has 3 heterocycles. The number of hydrogen-bond acceptors (Lipinski definition) is 14. The van der Waals surface area contributed by atoms with Gasteiger partial charge in [0.1, 0.15) is 29.8 Å². The molecule has 17 nitrogen and oxygen atoms in total. The molecular formula is C45H49N3O14. The zero-order valence-corrected chi connectivity index (χ0v) is 33.4. The number of aromatic hydroxyl groups is 3. The van der Waals surface area contributed by atoms with Crippen molar-refractivity contribution in [3.8, 4) is 23.0 Å². The molecule has 4 aromatic rings. The van der Waals surface area contributed by atoms with E-state index in [-0.39, 0.29) is 42.2 Å². The minimum Gasteiger partial charge on any atom is -0.508 e. The number of carbonyl (C=O) groups excluding carboxylic acids is 1. The number of aliphatic carboxylic acids is 1. The first kappa shape index (κ1) is 42.9. The molecule has 2 aliphatic heterocycles. The summed E-state index contributed by atoms with van der Waals surface area (Å²) >= 11 is 0. The second kappa shape index (κ2) is 16.5. The van der Waals surface area contributed by atoms with E-state index in [9.17, 15) is 60.7 Å². The Morgan fingerprint density at radius 1 is 0.935 bits per heavy atom. The van der Waals surface area contributed by atoms with Gasteiger partial charge in [-0.2, -0.15) is 0 Å². The van der Waals surface area contributed by atoms with Crippen LogP contribution in [0.4, 0.5) is 5.69 Å². The van der Waals surface area contributed by atoms with Crippen LogP contribution in [0.25, 0.3) is 6.08 Å². The lowest BCUT2D eigenvalue weighted by Gasteiger charge is -2.47. The van der Waals surface area contributed by atoms with Crippen LogP contribution in [0.3, 0.4) is 0 Å². The molecule has 0 spiro atoms. The lowest BCUT2D eigenvalue weighted by molar-refractivity contribution is -0.422. The van der Waals surface area contributed by atoms with Crippen LogP contribution in [0.2, 0.25) is 0 Å². The summed E-state index contributed by atoms with van der Waals surface area (Å²) < 4.78 is 10.9. The van der Waals surface area contributed by atoms with E-state index in [0.717, 1.165) is 42.0 Å². The Labute approximate surface area is 355 Å². The fraction of sp³-hybridized carbons (Fsp3) is 0.400. The molecule has 11 N–H and O–H groups in total. The smallest absolute Gasteiger partial charge is 0.355 e. The summed E-state index contributed by atoms with van der Waals surface area (Å²) in [5.74, 6) is -8.69. The number of anilines is 1. The van der Waals surface area contributed by atoms with Gasteiger partial charge in [0.05, 0.1) is 18.6 Å². The van der Waals surface area contributed by atoms with Crippen LogP contribution in [0.5, 0.6) is 23.0 Å². The summed E-state index contributed by atoms with van der Waals surface area (Å²) in [5, 5.41) is 109. The van der Waals surface area contributed by atoms with E-state index >= 15 is 0 Å². The van der Waals surface area contributed by atoms with E-state index in [1.54, 1.807) is 42.6 Å². The second-order valence-electron chi connectivity index (χ2n) is 16.5. The number of aromatic amines is 1. The average molecular weight is 856 g/mol. The average Bonchev–Trinajstić information content (AvgIpc) is 3.96. The highest BCUT2D eigenvalue weighted by molar-refractivity contribution is 6.13. The Morgan fingerprint density at radius 3 is 2.37 bits per heavy atom. The number of phenolic OH excluding ortho intramolecular Hbond substituents is 3. The first-order valence-corrected chi connectivity index (χ1v) is 20.5. The van der Waals surface area contributed by atoms with E-state index in [4.69, 9.17) is 9.47 Å². The molecule has 1 amide bonds. The number of aliphatic hydroxyl groups excluding tert-OH is 5. The van der Waals surface area contributed by atoms with Gasteiger partial charge in [-0.05, 0) is 72.7 Å². The molecule has 2 aliphatic carbocycles. The molecule has 8 unspecified atom stereocenters. The number of amides is 1. The maximum absolute atomic E-state index is 14.9. The number of aliphatic hydroxyl groups is 6. The minimum absolute atomic E-state index is 0.000163. The minimum atomic E-state index is -3.17. The highest BCUT2D eigenvalue weighted by atomic mass is 16.8. The van der Waals surface area contributed by atoms with Gasteiger partial charge in [-0.25, -0.2) is 9.78 Å². The molecule has 17 heteroatoms. The molecule has 4 aliphatic rings. The van der Waals surface area contributed by atoms with Gasteiger partial charge >= 0.3 is 11.9 Å². The second-order valence-corrected chi connectivity index (χ2v) is 16.5. The summed E-state index contributed by atoms with van der Waals surface area (Å²) in [6, 6.07) is 13.8. The third kappa shape index (κ3) is 6.99. The Morgan fingerprint density at radius 2 is 1.69 bits per heavy atom. The highest BCUT2D eigenvalue weighted by Crippen LogP contribution is 2.67. The van der Waals surface area contributed by atoms with E-state index in [2.05, 4.69) is 9.97 Å². The van der Waals surface area contributed by atoms with Gasteiger partial charge in [0.15, 0.2) is 23.1 Å². The molecule has 1 saturated carbocycles. The number of carbonyl (C=O) groups is 2. The van der Waals surface area contributed by atoms with Gasteiger partial charge in [-0.3, -0.25) is 9.69 Å². The predicted molar refractivity (Wildman–Crippen MR) is 219 cm³/mol. The number of hydrogen-bond donors (Lipinski definition) is 11. The zero-order valence-electron chi connectivity index (χ0n) is 33.4. The molecular weight excluding hydrogens is 807 g/mol. The van der Waals surface area contributed by atoms with Crippen LogP contribution in [0.1, 0.15) is 72.4 Å². The van der Waals surface area contributed by atoms with E-state index in [0.29, 0.717) is 35.1 Å². The van der Waals surface area contributed by atoms with Crippen LogP contribution in [-0.4, -0.2) is 122 Å². The summed E-state index contributed by atoms with van der Waals surface area (Å²) in [6.07, 6.45) is 2.96. The van der Waals surface area contributed by atoms with Crippen molar-refractivity contribution in [1.82, 2.24) is 9.97 Å². The number of benzene rings is 3. The number of carboxylic acids is 1. The number of nitrogens with one attached hydrogen (secondary N) is 1. The maximum atomic E-state index is 14.9. The number of phenols is 3. The Bertz CT molecular complexity index is 2390. The fourth-order valence-electron chi connectivity index (χ4n) is 10.3. The number of fused-ring (bicyclic) bond motifs is 3. The maximum Gasteiger partial charge on any atom is 0.355 e. The number of nitrogens with zero attached hydrogens (tertiary/aromatic N) is 2. The molecule has 0 bridgehead atoms. The predicted octanol–water partition coefficient (Wildman–Crippen LogP) is 2.42. The summed E-state index contributed by atoms with van der Waals surface area (Å²) in [7, 11) is 0. The van der Waals surface area contributed by atoms with Crippen LogP contribution >= 0.6 is 0 Å². The molecule has 1 aromatic heterocycles. The lowest BCUT2D eigenvalue weighted by Crippen LogP contribution is -2.67. The number of imidazole rings is 1. The molecule has 2 fully saturated rings. The number of ether oxygens (including phenoxy) is 2. The Kier molecular flexibility index (Phi) is 11.4. The standard InChI is InChI=1S/C45H49N3O14/c49-15-12-25-20-44(42(58)59)38(37(25)43(13-4-1-5-14-43)29-6-2-3-7-32(29)52)28-18-33(53)34(61-45(60)41(57)40(56)39(55)35(22-50)62-45)19-30(28)48(44)36(54)11-9-24-8-10-31(51)26(16-24)17-27-21-46-23-47-27/h2-3,6-11,16,18-21,23,35,37-41,49-53,55-57,60H,1,4-5,12-15,17,22H2,(H,46,47)(H,58,59). The number of para-hydroxylation sites is 1. The van der Waals surface area contributed by atoms with E-state index in [1.807, 2.05) is 0 Å². The molecule has 8 rings (SSSR count). The number of H-pyrrole nitrogens is 1. The highest BCUT2D eigenvalue weighted by Gasteiger charge is 2.68.